The van der Waals surface area contributed by atoms with Gasteiger partial charge in [0.2, 0.25) is 0 Å². The van der Waals surface area contributed by atoms with Crippen molar-refractivity contribution in [3.8, 4) is 11.1 Å². The Morgan fingerprint density at radius 3 is 2.45 bits per heavy atom. The van der Waals surface area contributed by atoms with E-state index in [2.05, 4.69) is 44.1 Å². The Hall–Kier alpha value is -2.56. The lowest BCUT2D eigenvalue weighted by molar-refractivity contribution is 1.13. The molecule has 0 aliphatic carbocycles. The number of fused-ring (bicyclic) bond motifs is 1. The Kier molecular flexibility index (Phi) is 2.82. The van der Waals surface area contributed by atoms with Gasteiger partial charge in [-0.3, -0.25) is 4.98 Å². The Bertz CT molecular complexity index is 812. The fraction of sp³-hybridized carbons (Fsp3) is 0.200. The van der Waals surface area contributed by atoms with Gasteiger partial charge < -0.3 is 9.88 Å². The van der Waals surface area contributed by atoms with E-state index in [1.807, 2.05) is 27.1 Å². The second-order valence-electron chi connectivity index (χ2n) is 5.04. The zero-order valence-electron chi connectivity index (χ0n) is 11.7. The molecule has 5 heteroatoms. The van der Waals surface area contributed by atoms with E-state index < -0.39 is 0 Å². The molecule has 0 saturated carbocycles. The standard InChI is InChI=1S/C15H16N4O/c1-9-12(8-13-14(16-9)18-15(20)17-13)10-4-6-11(7-5-10)19(2)3/h4-8H,1-3H3,(H2,16,17,18,20). The molecule has 0 radical (unpaired) electrons. The van der Waals surface area contributed by atoms with Crippen molar-refractivity contribution < 1.29 is 0 Å². The molecule has 2 aromatic heterocycles. The molecule has 0 fully saturated rings. The summed E-state index contributed by atoms with van der Waals surface area (Å²) in [7, 11) is 4.02. The summed E-state index contributed by atoms with van der Waals surface area (Å²) < 4.78 is 0. The van der Waals surface area contributed by atoms with Crippen molar-refractivity contribution in [2.45, 2.75) is 6.92 Å². The molecule has 0 spiro atoms. The van der Waals surface area contributed by atoms with E-state index in [1.54, 1.807) is 0 Å². The first kappa shape index (κ1) is 12.5. The van der Waals surface area contributed by atoms with Gasteiger partial charge in [0.1, 0.15) is 0 Å². The summed E-state index contributed by atoms with van der Waals surface area (Å²) in [6.45, 7) is 1.94. The van der Waals surface area contributed by atoms with Crippen LogP contribution in [0.25, 0.3) is 22.3 Å². The highest BCUT2D eigenvalue weighted by atomic mass is 16.1. The highest BCUT2D eigenvalue weighted by Gasteiger charge is 2.08. The molecular weight excluding hydrogens is 252 g/mol. The fourth-order valence-corrected chi connectivity index (χ4v) is 2.29. The minimum Gasteiger partial charge on any atom is -0.378 e. The molecular formula is C15H16N4O. The number of hydrogen-bond donors (Lipinski definition) is 2. The third-order valence-corrected chi connectivity index (χ3v) is 3.39. The molecule has 3 rings (SSSR count). The van der Waals surface area contributed by atoms with Gasteiger partial charge in [-0.05, 0) is 30.7 Å². The third kappa shape index (κ3) is 2.07. The van der Waals surface area contributed by atoms with Crippen LogP contribution >= 0.6 is 0 Å². The monoisotopic (exact) mass is 268 g/mol. The highest BCUT2D eigenvalue weighted by molar-refractivity contribution is 5.80. The maximum absolute atomic E-state index is 11.3. The van der Waals surface area contributed by atoms with E-state index in [0.29, 0.717) is 5.65 Å². The molecule has 0 aliphatic rings. The second kappa shape index (κ2) is 4.52. The van der Waals surface area contributed by atoms with Gasteiger partial charge in [0.25, 0.3) is 0 Å². The van der Waals surface area contributed by atoms with E-state index in [-0.39, 0.29) is 5.69 Å². The maximum Gasteiger partial charge on any atom is 0.325 e. The second-order valence-corrected chi connectivity index (χ2v) is 5.04. The summed E-state index contributed by atoms with van der Waals surface area (Å²) in [4.78, 5) is 23.2. The van der Waals surface area contributed by atoms with Crippen LogP contribution in [0.2, 0.25) is 0 Å². The van der Waals surface area contributed by atoms with Gasteiger partial charge in [-0.25, -0.2) is 9.78 Å². The lowest BCUT2D eigenvalue weighted by atomic mass is 10.0. The minimum absolute atomic E-state index is 0.230. The van der Waals surface area contributed by atoms with Crippen LogP contribution in [0.5, 0.6) is 0 Å². The van der Waals surface area contributed by atoms with Gasteiger partial charge in [0, 0.05) is 31.0 Å². The van der Waals surface area contributed by atoms with Gasteiger partial charge in [-0.1, -0.05) is 12.1 Å². The van der Waals surface area contributed by atoms with E-state index in [4.69, 9.17) is 0 Å². The number of aryl methyl sites for hydroxylation is 1. The van der Waals surface area contributed by atoms with Crippen LogP contribution in [0.3, 0.4) is 0 Å². The number of H-pyrrole nitrogens is 2. The predicted molar refractivity (Wildman–Crippen MR) is 81.2 cm³/mol. The summed E-state index contributed by atoms with van der Waals surface area (Å²) in [6.07, 6.45) is 0. The zero-order valence-corrected chi connectivity index (χ0v) is 11.7. The van der Waals surface area contributed by atoms with Crippen molar-refractivity contribution in [2.75, 3.05) is 19.0 Å². The van der Waals surface area contributed by atoms with Crippen molar-refractivity contribution in [1.29, 1.82) is 0 Å². The fourth-order valence-electron chi connectivity index (χ4n) is 2.29. The predicted octanol–water partition coefficient (Wildman–Crippen LogP) is 2.29. The van der Waals surface area contributed by atoms with Crippen LogP contribution in [0.15, 0.2) is 35.1 Å². The molecule has 0 atom stereocenters. The number of pyridine rings is 1. The number of rotatable bonds is 2. The molecule has 1 aromatic carbocycles. The lowest BCUT2D eigenvalue weighted by Crippen LogP contribution is -2.07. The van der Waals surface area contributed by atoms with Crippen LogP contribution in [0.4, 0.5) is 5.69 Å². The van der Waals surface area contributed by atoms with Gasteiger partial charge in [-0.2, -0.15) is 0 Å². The normalized spacial score (nSPS) is 10.9. The number of benzene rings is 1. The third-order valence-electron chi connectivity index (χ3n) is 3.39. The Morgan fingerprint density at radius 1 is 1.10 bits per heavy atom. The Morgan fingerprint density at radius 2 is 1.80 bits per heavy atom. The number of nitrogens with one attached hydrogen (secondary N) is 2. The topological polar surface area (TPSA) is 64.8 Å². The molecule has 5 nitrogen and oxygen atoms in total. The molecule has 0 amide bonds. The number of anilines is 1. The molecule has 2 heterocycles. The van der Waals surface area contributed by atoms with Crippen LogP contribution in [0.1, 0.15) is 5.69 Å². The van der Waals surface area contributed by atoms with Crippen LogP contribution in [-0.2, 0) is 0 Å². The SMILES string of the molecule is Cc1nc2[nH]c(=O)[nH]c2cc1-c1ccc(N(C)C)cc1. The quantitative estimate of drug-likeness (QED) is 0.749. The largest absolute Gasteiger partial charge is 0.378 e. The number of hydrogen-bond acceptors (Lipinski definition) is 3. The zero-order chi connectivity index (χ0) is 14.3. The molecule has 0 unspecified atom stereocenters. The molecule has 20 heavy (non-hydrogen) atoms. The lowest BCUT2D eigenvalue weighted by Gasteiger charge is -2.13. The molecule has 0 saturated heterocycles. The molecule has 3 aromatic rings. The average Bonchev–Trinajstić information content (AvgIpc) is 2.77. The first-order valence-electron chi connectivity index (χ1n) is 6.42. The molecule has 0 aliphatic heterocycles. The molecule has 102 valence electrons. The summed E-state index contributed by atoms with van der Waals surface area (Å²) >= 11 is 0. The summed E-state index contributed by atoms with van der Waals surface area (Å²) in [5, 5.41) is 0. The van der Waals surface area contributed by atoms with Gasteiger partial charge in [-0.15, -0.1) is 0 Å². The van der Waals surface area contributed by atoms with Crippen molar-refractivity contribution in [1.82, 2.24) is 15.0 Å². The number of aromatic nitrogens is 3. The Balaban J connectivity index is 2.13. The minimum atomic E-state index is -0.230. The van der Waals surface area contributed by atoms with E-state index in [0.717, 1.165) is 28.0 Å². The molecule has 0 bridgehead atoms. The highest BCUT2D eigenvalue weighted by Crippen LogP contribution is 2.26. The van der Waals surface area contributed by atoms with Gasteiger partial charge >= 0.3 is 5.69 Å². The molecule has 2 N–H and O–H groups in total. The average molecular weight is 268 g/mol. The van der Waals surface area contributed by atoms with Crippen molar-refractivity contribution >= 4 is 16.9 Å². The van der Waals surface area contributed by atoms with Crippen LogP contribution < -0.4 is 10.6 Å². The van der Waals surface area contributed by atoms with Gasteiger partial charge in [0.15, 0.2) is 5.65 Å². The smallest absolute Gasteiger partial charge is 0.325 e. The van der Waals surface area contributed by atoms with Crippen LogP contribution in [0, 0.1) is 6.92 Å². The summed E-state index contributed by atoms with van der Waals surface area (Å²) in [6, 6.07) is 10.2. The number of aromatic amines is 2. The first-order chi connectivity index (χ1) is 9.54. The van der Waals surface area contributed by atoms with Crippen molar-refractivity contribution in [3.63, 3.8) is 0 Å². The summed E-state index contributed by atoms with van der Waals surface area (Å²) in [5.41, 5.74) is 5.25. The number of nitrogens with zero attached hydrogens (tertiary/aromatic N) is 2. The van der Waals surface area contributed by atoms with E-state index >= 15 is 0 Å². The van der Waals surface area contributed by atoms with Crippen molar-refractivity contribution in [2.24, 2.45) is 0 Å². The number of imidazole rings is 1. The van der Waals surface area contributed by atoms with Crippen molar-refractivity contribution in [3.05, 3.63) is 46.5 Å². The maximum atomic E-state index is 11.3. The van der Waals surface area contributed by atoms with Gasteiger partial charge in [0.05, 0.1) is 5.52 Å². The van der Waals surface area contributed by atoms with E-state index in [9.17, 15) is 4.79 Å². The summed E-state index contributed by atoms with van der Waals surface area (Å²) in [5.74, 6) is 0. The van der Waals surface area contributed by atoms with E-state index in [1.165, 1.54) is 0 Å². The Labute approximate surface area is 116 Å². The van der Waals surface area contributed by atoms with Crippen LogP contribution in [-0.4, -0.2) is 29.0 Å². The first-order valence-corrected chi connectivity index (χ1v) is 6.42.